The van der Waals surface area contributed by atoms with Gasteiger partial charge >= 0.3 is 25.0 Å². The fourth-order valence-electron chi connectivity index (χ4n) is 4.44. The number of halogens is 9. The summed E-state index contributed by atoms with van der Waals surface area (Å²) in [7, 11) is 0. The van der Waals surface area contributed by atoms with E-state index in [0.717, 1.165) is 25.3 Å². The average molecular weight is 614 g/mol. The smallest absolute Gasteiger partial charge is 0.483 e. The lowest BCUT2D eigenvalue weighted by Gasteiger charge is -2.42. The van der Waals surface area contributed by atoms with Crippen LogP contribution in [-0.4, -0.2) is 78.5 Å². The number of carbonyl (C=O) groups excluding carboxylic acids is 1. The van der Waals surface area contributed by atoms with Gasteiger partial charge in [-0.2, -0.15) is 39.5 Å². The Kier molecular flexibility index (Phi) is 15.0. The predicted octanol–water partition coefficient (Wildman–Crippen LogP) is 5.02. The largest absolute Gasteiger partial charge is 0.490 e. The topological polar surface area (TPSA) is 124 Å². The molecule has 41 heavy (non-hydrogen) atoms. The number of hydrogen-bond acceptors (Lipinski definition) is 5. The minimum Gasteiger partial charge on any atom is -0.483 e. The maximum atomic E-state index is 13.2. The van der Waals surface area contributed by atoms with Crippen molar-refractivity contribution in [3.8, 4) is 0 Å². The van der Waals surface area contributed by atoms with Crippen molar-refractivity contribution in [1.29, 1.82) is 0 Å². The Morgan fingerprint density at radius 1 is 1.05 bits per heavy atom. The highest BCUT2D eigenvalue weighted by atomic mass is 19.4. The quantitative estimate of drug-likeness (QED) is 0.323. The third-order valence-corrected chi connectivity index (χ3v) is 6.47. The number of nitrogens with zero attached hydrogens (tertiary/aromatic N) is 2. The van der Waals surface area contributed by atoms with E-state index in [2.05, 4.69) is 13.8 Å². The number of anilines is 1. The molecule has 1 heterocycles. The molecule has 0 bridgehead atoms. The van der Waals surface area contributed by atoms with Gasteiger partial charge < -0.3 is 25.7 Å². The number of carboxylic acids is 1. The Hall–Kier alpha value is -3.24. The van der Waals surface area contributed by atoms with Gasteiger partial charge in [-0.3, -0.25) is 9.59 Å². The third kappa shape index (κ3) is 12.4. The van der Waals surface area contributed by atoms with Crippen molar-refractivity contribution in [2.24, 2.45) is 17.1 Å². The summed E-state index contributed by atoms with van der Waals surface area (Å²) in [6.07, 6.45) is -7.03. The van der Waals surface area contributed by atoms with Gasteiger partial charge in [0.15, 0.2) is 0 Å². The number of benzene rings is 1. The second-order valence-electron chi connectivity index (χ2n) is 9.30. The lowest BCUT2D eigenvalue weighted by atomic mass is 9.74. The molecule has 2 aliphatic rings. The first-order chi connectivity index (χ1) is 18.7. The fraction of sp³-hybridized carbons (Fsp3) is 0.625. The van der Waals surface area contributed by atoms with Gasteiger partial charge in [-0.15, -0.1) is 0 Å². The molecule has 17 heteroatoms. The SMILES string of the molecule is CC(C)[C@]1(C(=O)N2CCN(c3cccc(C(F)(F)F)c3)CC2)CC[C@@H](N)C1.FC(F)F.O=C(O)C(F)(F)F.O=CO. The number of piperazine rings is 1. The van der Waals surface area contributed by atoms with Gasteiger partial charge in [-0.1, -0.05) is 19.9 Å². The van der Waals surface area contributed by atoms with E-state index in [1.165, 1.54) is 12.1 Å². The molecule has 1 saturated carbocycles. The molecule has 0 aromatic heterocycles. The molecule has 236 valence electrons. The molecule has 1 aromatic rings. The molecule has 3 rings (SSSR count). The van der Waals surface area contributed by atoms with Crippen molar-refractivity contribution in [3.05, 3.63) is 29.8 Å². The Labute approximate surface area is 229 Å². The highest BCUT2D eigenvalue weighted by Crippen LogP contribution is 2.45. The van der Waals surface area contributed by atoms with Crippen LogP contribution in [0.1, 0.15) is 38.7 Å². The maximum absolute atomic E-state index is 13.2. The molecule has 8 nitrogen and oxygen atoms in total. The van der Waals surface area contributed by atoms with Crippen LogP contribution < -0.4 is 10.6 Å². The number of aliphatic carboxylic acids is 1. The molecule has 1 aliphatic heterocycles. The van der Waals surface area contributed by atoms with E-state index in [0.29, 0.717) is 31.9 Å². The molecule has 1 saturated heterocycles. The van der Waals surface area contributed by atoms with Gasteiger partial charge in [0.25, 0.3) is 6.47 Å². The average Bonchev–Trinajstić information content (AvgIpc) is 3.26. The number of hydrogen-bond donors (Lipinski definition) is 3. The number of alkyl halides is 9. The zero-order valence-electron chi connectivity index (χ0n) is 22.1. The summed E-state index contributed by atoms with van der Waals surface area (Å²) in [4.78, 5) is 34.3. The van der Waals surface area contributed by atoms with Crippen LogP contribution in [0.4, 0.5) is 45.2 Å². The predicted molar refractivity (Wildman–Crippen MR) is 129 cm³/mol. The molecule has 1 amide bonds. The summed E-state index contributed by atoms with van der Waals surface area (Å²) in [6.45, 7) is 2.36. The fourth-order valence-corrected chi connectivity index (χ4v) is 4.44. The first-order valence-electron chi connectivity index (χ1n) is 12.0. The Balaban J connectivity index is 0.000000953. The van der Waals surface area contributed by atoms with E-state index < -0.39 is 36.0 Å². The van der Waals surface area contributed by atoms with Crippen LogP contribution in [0.15, 0.2) is 24.3 Å². The van der Waals surface area contributed by atoms with E-state index in [-0.39, 0.29) is 24.3 Å². The van der Waals surface area contributed by atoms with Crippen molar-refractivity contribution < 1.29 is 64.1 Å². The molecule has 0 radical (unpaired) electrons. The zero-order valence-corrected chi connectivity index (χ0v) is 22.1. The molecule has 1 aliphatic carbocycles. The van der Waals surface area contributed by atoms with Gasteiger partial charge in [-0.05, 0) is 43.4 Å². The number of rotatable bonds is 3. The first kappa shape index (κ1) is 37.8. The van der Waals surface area contributed by atoms with Crippen molar-refractivity contribution in [1.82, 2.24) is 4.90 Å². The van der Waals surface area contributed by atoms with Gasteiger partial charge in [-0.25, -0.2) is 4.79 Å². The van der Waals surface area contributed by atoms with Crippen molar-refractivity contribution in [3.63, 3.8) is 0 Å². The Morgan fingerprint density at radius 2 is 1.51 bits per heavy atom. The summed E-state index contributed by atoms with van der Waals surface area (Å²) in [5.74, 6) is -2.37. The van der Waals surface area contributed by atoms with Gasteiger partial charge in [0.2, 0.25) is 5.91 Å². The molecular formula is C24H32F9N3O5. The van der Waals surface area contributed by atoms with Crippen molar-refractivity contribution >= 4 is 24.0 Å². The minimum absolute atomic E-state index is 0.0720. The van der Waals surface area contributed by atoms with Gasteiger partial charge in [0.05, 0.1) is 11.0 Å². The Bertz CT molecular complexity index is 966. The van der Waals surface area contributed by atoms with Crippen LogP contribution in [0, 0.1) is 11.3 Å². The van der Waals surface area contributed by atoms with Crippen LogP contribution >= 0.6 is 0 Å². The normalized spacial score (nSPS) is 20.7. The number of carboxylic acid groups (broad SMARTS) is 2. The van der Waals surface area contributed by atoms with E-state index >= 15 is 0 Å². The molecule has 2 atom stereocenters. The van der Waals surface area contributed by atoms with Crippen molar-refractivity contribution in [2.45, 2.75) is 58.2 Å². The second-order valence-corrected chi connectivity index (χ2v) is 9.30. The highest BCUT2D eigenvalue weighted by molar-refractivity contribution is 5.84. The second kappa shape index (κ2) is 16.3. The van der Waals surface area contributed by atoms with Gasteiger partial charge in [0.1, 0.15) is 0 Å². The highest BCUT2D eigenvalue weighted by Gasteiger charge is 2.48. The monoisotopic (exact) mass is 613 g/mol. The van der Waals surface area contributed by atoms with Crippen molar-refractivity contribution in [2.75, 3.05) is 31.1 Å². The summed E-state index contributed by atoms with van der Waals surface area (Å²) < 4.78 is 99.6. The van der Waals surface area contributed by atoms with Crippen LogP contribution in [0.5, 0.6) is 0 Å². The van der Waals surface area contributed by atoms with E-state index in [9.17, 15) is 44.3 Å². The van der Waals surface area contributed by atoms with Crippen LogP contribution in [0.25, 0.3) is 0 Å². The maximum Gasteiger partial charge on any atom is 0.490 e. The molecular weight excluding hydrogens is 581 g/mol. The zero-order chi connectivity index (χ0) is 32.2. The summed E-state index contributed by atoms with van der Waals surface area (Å²) in [5.41, 5.74) is 5.61. The molecule has 0 unspecified atom stereocenters. The van der Waals surface area contributed by atoms with E-state index in [1.807, 2.05) is 9.80 Å². The standard InChI is InChI=1S/C20H28F3N3O.C2HF3O2.CHF3.CH2O2/c1-14(2)19(7-6-16(24)13-19)18(27)26-10-8-25(9-11-26)17-5-3-4-15(12-17)20(21,22)23;3-2(4,5)1(6)7;2-1(3)4;2-1-3/h3-5,12,14,16H,6-11,13,24H2,1-2H3;(H,6,7);1H;1H,(H,2,3)/t16-,19+;;;/m1.../s1. The summed E-state index contributed by atoms with van der Waals surface area (Å²) in [6, 6.07) is 5.46. The van der Waals surface area contributed by atoms with E-state index in [1.54, 1.807) is 6.07 Å². The third-order valence-electron chi connectivity index (χ3n) is 6.47. The Morgan fingerprint density at radius 3 is 1.85 bits per heavy atom. The summed E-state index contributed by atoms with van der Waals surface area (Å²) >= 11 is 0. The molecule has 4 N–H and O–H groups in total. The number of carbonyl (C=O) groups is 3. The van der Waals surface area contributed by atoms with Crippen LogP contribution in [0.3, 0.4) is 0 Å². The van der Waals surface area contributed by atoms with Crippen LogP contribution in [-0.2, 0) is 20.6 Å². The first-order valence-corrected chi connectivity index (χ1v) is 12.0. The lowest BCUT2D eigenvalue weighted by molar-refractivity contribution is -0.192. The van der Waals surface area contributed by atoms with Gasteiger partial charge in [0, 0.05) is 37.9 Å². The number of nitrogens with two attached hydrogens (primary N) is 1. The minimum atomic E-state index is -5.08. The molecule has 2 fully saturated rings. The van der Waals surface area contributed by atoms with Crippen LogP contribution in [0.2, 0.25) is 0 Å². The molecule has 0 spiro atoms. The number of amides is 1. The summed E-state index contributed by atoms with van der Waals surface area (Å²) in [5, 5.41) is 14.0. The van der Waals surface area contributed by atoms with E-state index in [4.69, 9.17) is 25.5 Å². The molecule has 1 aromatic carbocycles. The lowest BCUT2D eigenvalue weighted by Crippen LogP contribution is -2.54.